The van der Waals surface area contributed by atoms with Gasteiger partial charge in [0.05, 0.1) is 0 Å². The summed E-state index contributed by atoms with van der Waals surface area (Å²) < 4.78 is 0. The Hall–Kier alpha value is -2.01. The van der Waals surface area contributed by atoms with E-state index in [2.05, 4.69) is 54.0 Å². The fraction of sp³-hybridized carbons (Fsp3) is 0.409. The molecule has 2 atom stereocenters. The Balaban J connectivity index is 1.59. The number of ketones is 1. The summed E-state index contributed by atoms with van der Waals surface area (Å²) in [7, 11) is 0. The molecule has 0 saturated carbocycles. The molecule has 3 rings (SSSR count). The Morgan fingerprint density at radius 1 is 0.923 bits per heavy atom. The summed E-state index contributed by atoms with van der Waals surface area (Å²) in [6, 6.07) is 19.3. The van der Waals surface area contributed by atoms with E-state index in [0.717, 1.165) is 26.2 Å². The first-order valence-corrected chi connectivity index (χ1v) is 9.32. The van der Waals surface area contributed by atoms with Crippen LogP contribution >= 0.6 is 0 Å². The van der Waals surface area contributed by atoms with Crippen molar-refractivity contribution in [1.82, 2.24) is 9.80 Å². The zero-order valence-electron chi connectivity index (χ0n) is 15.6. The van der Waals surface area contributed by atoms with Crippen LogP contribution in [0.25, 0.3) is 0 Å². The molecule has 0 bridgehead atoms. The van der Waals surface area contributed by atoms with Crippen LogP contribution in [0.15, 0.2) is 54.6 Å². The number of aliphatic hydroxyl groups excluding tert-OH is 1. The summed E-state index contributed by atoms with van der Waals surface area (Å²) in [5.41, 5.74) is 3.14. The second kappa shape index (κ2) is 8.58. The van der Waals surface area contributed by atoms with E-state index in [4.69, 9.17) is 5.11 Å². The van der Waals surface area contributed by atoms with Gasteiger partial charge >= 0.3 is 0 Å². The minimum atomic E-state index is -0.433. The smallest absolute Gasteiger partial charge is 0.188 e. The fourth-order valence-corrected chi connectivity index (χ4v) is 3.85. The molecule has 0 aromatic heterocycles. The summed E-state index contributed by atoms with van der Waals surface area (Å²) >= 11 is 0. The molecular weight excluding hydrogens is 324 g/mol. The van der Waals surface area contributed by atoms with Crippen molar-refractivity contribution in [3.05, 3.63) is 71.3 Å². The first-order chi connectivity index (χ1) is 12.6. The predicted molar refractivity (Wildman–Crippen MR) is 104 cm³/mol. The third-order valence-corrected chi connectivity index (χ3v) is 5.21. The lowest BCUT2D eigenvalue weighted by atomic mass is 10.0. The SMILES string of the molecule is C[C@@H]1CN(Cc2ccc(C(=O)CO)cc2)C[C@@H](C)N1Cc1ccccc1. The molecule has 0 radical (unpaired) electrons. The van der Waals surface area contributed by atoms with Crippen LogP contribution < -0.4 is 0 Å². The van der Waals surface area contributed by atoms with Gasteiger partial charge in [-0.2, -0.15) is 0 Å². The van der Waals surface area contributed by atoms with E-state index in [1.165, 1.54) is 11.1 Å². The second-order valence-corrected chi connectivity index (χ2v) is 7.33. The Morgan fingerprint density at radius 3 is 2.08 bits per heavy atom. The summed E-state index contributed by atoms with van der Waals surface area (Å²) in [4.78, 5) is 16.6. The number of rotatable bonds is 6. The van der Waals surface area contributed by atoms with Gasteiger partial charge in [-0.3, -0.25) is 14.6 Å². The Kier molecular flexibility index (Phi) is 6.20. The maximum Gasteiger partial charge on any atom is 0.188 e. The van der Waals surface area contributed by atoms with Crippen LogP contribution in [0.5, 0.6) is 0 Å². The molecule has 4 nitrogen and oxygen atoms in total. The molecular formula is C22H28N2O2. The Labute approximate surface area is 156 Å². The molecule has 138 valence electrons. The van der Waals surface area contributed by atoms with Crippen molar-refractivity contribution < 1.29 is 9.90 Å². The van der Waals surface area contributed by atoms with Crippen molar-refractivity contribution in [2.45, 2.75) is 39.0 Å². The standard InChI is InChI=1S/C22H28N2O2/c1-17-12-23(14-20-8-10-21(11-9-20)22(26)16-25)13-18(2)24(17)15-19-6-4-3-5-7-19/h3-11,17-18,25H,12-16H2,1-2H3/t17-,18-/m1/s1. The molecule has 1 N–H and O–H groups in total. The van der Waals surface area contributed by atoms with E-state index >= 15 is 0 Å². The van der Waals surface area contributed by atoms with Crippen molar-refractivity contribution in [3.63, 3.8) is 0 Å². The van der Waals surface area contributed by atoms with Crippen molar-refractivity contribution in [2.24, 2.45) is 0 Å². The van der Waals surface area contributed by atoms with Crippen LogP contribution in [-0.2, 0) is 13.1 Å². The zero-order valence-corrected chi connectivity index (χ0v) is 15.6. The average molecular weight is 352 g/mol. The van der Waals surface area contributed by atoms with Gasteiger partial charge in [-0.15, -0.1) is 0 Å². The molecule has 1 fully saturated rings. The largest absolute Gasteiger partial charge is 0.388 e. The van der Waals surface area contributed by atoms with Crippen molar-refractivity contribution in [1.29, 1.82) is 0 Å². The van der Waals surface area contributed by atoms with Gasteiger partial charge in [-0.1, -0.05) is 54.6 Å². The molecule has 2 aromatic carbocycles. The van der Waals surface area contributed by atoms with Crippen LogP contribution in [0.4, 0.5) is 0 Å². The number of benzene rings is 2. The van der Waals surface area contributed by atoms with Crippen LogP contribution in [0, 0.1) is 0 Å². The van der Waals surface area contributed by atoms with Gasteiger partial charge < -0.3 is 5.11 Å². The third kappa shape index (κ3) is 4.58. The molecule has 26 heavy (non-hydrogen) atoms. The third-order valence-electron chi connectivity index (χ3n) is 5.21. The normalized spacial score (nSPS) is 21.7. The van der Waals surface area contributed by atoms with E-state index in [9.17, 15) is 4.79 Å². The number of carbonyl (C=O) groups is 1. The van der Waals surface area contributed by atoms with Gasteiger partial charge in [0, 0.05) is 43.8 Å². The fourth-order valence-electron chi connectivity index (χ4n) is 3.85. The topological polar surface area (TPSA) is 43.8 Å². The summed E-state index contributed by atoms with van der Waals surface area (Å²) in [6.45, 7) is 8.13. The minimum absolute atomic E-state index is 0.228. The molecule has 1 aliphatic heterocycles. The second-order valence-electron chi connectivity index (χ2n) is 7.33. The van der Waals surface area contributed by atoms with Crippen molar-refractivity contribution in [3.8, 4) is 0 Å². The number of carbonyl (C=O) groups excluding carboxylic acids is 1. The van der Waals surface area contributed by atoms with Gasteiger partial charge in [-0.25, -0.2) is 0 Å². The number of piperazine rings is 1. The molecule has 1 heterocycles. The first kappa shape index (κ1) is 18.8. The number of nitrogens with zero attached hydrogens (tertiary/aromatic N) is 2. The van der Waals surface area contributed by atoms with Gasteiger partial charge in [0.1, 0.15) is 6.61 Å². The van der Waals surface area contributed by atoms with E-state index < -0.39 is 6.61 Å². The molecule has 0 spiro atoms. The Morgan fingerprint density at radius 2 is 1.50 bits per heavy atom. The summed E-state index contributed by atoms with van der Waals surface area (Å²) in [5, 5.41) is 8.95. The van der Waals surface area contributed by atoms with E-state index in [0.29, 0.717) is 17.6 Å². The lowest BCUT2D eigenvalue weighted by Crippen LogP contribution is -2.55. The molecule has 0 amide bonds. The molecule has 0 aliphatic carbocycles. The molecule has 0 unspecified atom stereocenters. The highest BCUT2D eigenvalue weighted by Gasteiger charge is 2.29. The van der Waals surface area contributed by atoms with E-state index in [-0.39, 0.29) is 5.78 Å². The van der Waals surface area contributed by atoms with Gasteiger partial charge in [0.15, 0.2) is 5.78 Å². The maximum absolute atomic E-state index is 11.5. The predicted octanol–water partition coefficient (Wildman–Crippen LogP) is 2.96. The Bertz CT molecular complexity index is 703. The number of aliphatic hydroxyl groups is 1. The van der Waals surface area contributed by atoms with Gasteiger partial charge in [0.25, 0.3) is 0 Å². The van der Waals surface area contributed by atoms with Crippen LogP contribution in [0.1, 0.15) is 35.3 Å². The van der Waals surface area contributed by atoms with Crippen LogP contribution in [-0.4, -0.2) is 52.5 Å². The number of Topliss-reactive ketones (excluding diaryl/α,β-unsaturated/α-hetero) is 1. The quantitative estimate of drug-likeness (QED) is 0.812. The van der Waals surface area contributed by atoms with Gasteiger partial charge in [-0.05, 0) is 25.0 Å². The first-order valence-electron chi connectivity index (χ1n) is 9.32. The van der Waals surface area contributed by atoms with Crippen molar-refractivity contribution in [2.75, 3.05) is 19.7 Å². The molecule has 2 aromatic rings. The average Bonchev–Trinajstić information content (AvgIpc) is 2.65. The van der Waals surface area contributed by atoms with Crippen LogP contribution in [0.3, 0.4) is 0 Å². The van der Waals surface area contributed by atoms with Crippen molar-refractivity contribution >= 4 is 5.78 Å². The molecule has 1 saturated heterocycles. The van der Waals surface area contributed by atoms with Crippen LogP contribution in [0.2, 0.25) is 0 Å². The minimum Gasteiger partial charge on any atom is -0.388 e. The maximum atomic E-state index is 11.5. The van der Waals surface area contributed by atoms with Gasteiger partial charge in [0.2, 0.25) is 0 Å². The summed E-state index contributed by atoms with van der Waals surface area (Å²) in [6.07, 6.45) is 0. The lowest BCUT2D eigenvalue weighted by molar-refractivity contribution is 0.0290. The molecule has 1 aliphatic rings. The van der Waals surface area contributed by atoms with E-state index in [1.54, 1.807) is 0 Å². The molecule has 4 heteroatoms. The number of hydrogen-bond acceptors (Lipinski definition) is 4. The highest BCUT2D eigenvalue weighted by molar-refractivity contribution is 5.96. The highest BCUT2D eigenvalue weighted by atomic mass is 16.3. The highest BCUT2D eigenvalue weighted by Crippen LogP contribution is 2.20. The van der Waals surface area contributed by atoms with E-state index in [1.807, 2.05) is 24.3 Å². The number of hydrogen-bond donors (Lipinski definition) is 1. The summed E-state index contributed by atoms with van der Waals surface area (Å²) in [5.74, 6) is -0.228. The lowest BCUT2D eigenvalue weighted by Gasteiger charge is -2.44. The monoisotopic (exact) mass is 352 g/mol. The zero-order chi connectivity index (χ0) is 18.5.